The number of carbonyl (C=O) groups excluding carboxylic acids is 1. The molecule has 4 nitrogen and oxygen atoms in total. The van der Waals surface area contributed by atoms with Crippen molar-refractivity contribution in [1.82, 2.24) is 14.9 Å². The SMILES string of the molecule is CN(CCc1nccs1)C(=O)Cc1c[nH]c2ccccc12. The van der Waals surface area contributed by atoms with Crippen molar-refractivity contribution in [2.45, 2.75) is 12.8 Å². The zero-order valence-electron chi connectivity index (χ0n) is 11.9. The summed E-state index contributed by atoms with van der Waals surface area (Å²) in [6.45, 7) is 0.703. The maximum Gasteiger partial charge on any atom is 0.226 e. The van der Waals surface area contributed by atoms with Crippen LogP contribution in [0, 0.1) is 0 Å². The predicted molar refractivity (Wildman–Crippen MR) is 85.5 cm³/mol. The van der Waals surface area contributed by atoms with Crippen molar-refractivity contribution >= 4 is 28.1 Å². The third-order valence-electron chi connectivity index (χ3n) is 3.59. The third-order valence-corrected chi connectivity index (χ3v) is 4.43. The summed E-state index contributed by atoms with van der Waals surface area (Å²) >= 11 is 1.63. The van der Waals surface area contributed by atoms with Gasteiger partial charge >= 0.3 is 0 Å². The van der Waals surface area contributed by atoms with Gasteiger partial charge in [-0.1, -0.05) is 18.2 Å². The van der Waals surface area contributed by atoms with E-state index in [0.717, 1.165) is 27.9 Å². The Morgan fingerprint density at radius 2 is 2.24 bits per heavy atom. The lowest BCUT2D eigenvalue weighted by atomic mass is 10.1. The van der Waals surface area contributed by atoms with Crippen LogP contribution in [0.3, 0.4) is 0 Å². The van der Waals surface area contributed by atoms with Crippen molar-refractivity contribution in [3.8, 4) is 0 Å². The second-order valence-electron chi connectivity index (χ2n) is 5.03. The minimum atomic E-state index is 0.135. The molecule has 1 aromatic carbocycles. The molecule has 0 fully saturated rings. The fourth-order valence-corrected chi connectivity index (χ4v) is 2.95. The number of rotatable bonds is 5. The summed E-state index contributed by atoms with van der Waals surface area (Å²) < 4.78 is 0. The number of hydrogen-bond acceptors (Lipinski definition) is 3. The van der Waals surface area contributed by atoms with Crippen LogP contribution in [0.1, 0.15) is 10.6 Å². The van der Waals surface area contributed by atoms with E-state index >= 15 is 0 Å². The molecular weight excluding hydrogens is 282 g/mol. The van der Waals surface area contributed by atoms with E-state index in [4.69, 9.17) is 0 Å². The molecule has 0 unspecified atom stereocenters. The number of amides is 1. The number of nitrogens with one attached hydrogen (secondary N) is 1. The number of benzene rings is 1. The summed E-state index contributed by atoms with van der Waals surface area (Å²) in [5, 5.41) is 4.16. The van der Waals surface area contributed by atoms with Crippen molar-refractivity contribution in [3.05, 3.63) is 52.6 Å². The van der Waals surface area contributed by atoms with E-state index in [-0.39, 0.29) is 5.91 Å². The van der Waals surface area contributed by atoms with Gasteiger partial charge in [0.15, 0.2) is 0 Å². The highest BCUT2D eigenvalue weighted by molar-refractivity contribution is 7.09. The number of fused-ring (bicyclic) bond motifs is 1. The van der Waals surface area contributed by atoms with E-state index in [1.807, 2.05) is 42.9 Å². The molecule has 0 saturated heterocycles. The topological polar surface area (TPSA) is 49.0 Å². The van der Waals surface area contributed by atoms with Gasteiger partial charge < -0.3 is 9.88 Å². The zero-order chi connectivity index (χ0) is 14.7. The van der Waals surface area contributed by atoms with Gasteiger partial charge in [0.1, 0.15) is 0 Å². The first-order chi connectivity index (χ1) is 10.2. The molecule has 0 spiro atoms. The molecule has 1 amide bonds. The van der Waals surface area contributed by atoms with E-state index in [1.165, 1.54) is 0 Å². The zero-order valence-corrected chi connectivity index (χ0v) is 12.7. The van der Waals surface area contributed by atoms with Crippen LogP contribution >= 0.6 is 11.3 Å². The Hall–Kier alpha value is -2.14. The van der Waals surface area contributed by atoms with Gasteiger partial charge in [0, 0.05) is 48.7 Å². The van der Waals surface area contributed by atoms with E-state index in [2.05, 4.69) is 9.97 Å². The molecule has 0 saturated carbocycles. The van der Waals surface area contributed by atoms with Crippen LogP contribution in [-0.4, -0.2) is 34.4 Å². The molecule has 3 aromatic rings. The quantitative estimate of drug-likeness (QED) is 0.787. The van der Waals surface area contributed by atoms with E-state index in [0.29, 0.717) is 13.0 Å². The maximum atomic E-state index is 12.3. The van der Waals surface area contributed by atoms with Crippen LogP contribution in [0.25, 0.3) is 10.9 Å². The molecule has 0 aliphatic rings. The first-order valence-corrected chi connectivity index (χ1v) is 7.79. The summed E-state index contributed by atoms with van der Waals surface area (Å²) in [5.74, 6) is 0.135. The molecule has 0 bridgehead atoms. The normalized spacial score (nSPS) is 10.9. The van der Waals surface area contributed by atoms with Crippen molar-refractivity contribution in [2.75, 3.05) is 13.6 Å². The molecule has 2 aromatic heterocycles. The molecule has 1 N–H and O–H groups in total. The van der Waals surface area contributed by atoms with Gasteiger partial charge in [-0.2, -0.15) is 0 Å². The van der Waals surface area contributed by atoms with E-state index in [1.54, 1.807) is 22.4 Å². The Morgan fingerprint density at radius 1 is 1.38 bits per heavy atom. The minimum absolute atomic E-state index is 0.135. The largest absolute Gasteiger partial charge is 0.361 e. The standard InChI is InChI=1S/C16H17N3OS/c1-19(8-6-15-17-7-9-21-15)16(20)10-12-11-18-14-5-3-2-4-13(12)14/h2-5,7,9,11,18H,6,8,10H2,1H3. The Labute approximate surface area is 127 Å². The number of hydrogen-bond donors (Lipinski definition) is 1. The van der Waals surface area contributed by atoms with Crippen molar-refractivity contribution in [2.24, 2.45) is 0 Å². The Bertz CT molecular complexity index is 733. The highest BCUT2D eigenvalue weighted by Gasteiger charge is 2.13. The van der Waals surface area contributed by atoms with Crippen LogP contribution in [0.2, 0.25) is 0 Å². The second kappa shape index (κ2) is 6.10. The number of likely N-dealkylation sites (N-methyl/N-ethyl adjacent to an activating group) is 1. The third kappa shape index (κ3) is 3.13. The molecule has 3 rings (SSSR count). The summed E-state index contributed by atoms with van der Waals surface area (Å²) in [7, 11) is 1.85. The predicted octanol–water partition coefficient (Wildman–Crippen LogP) is 2.87. The Kier molecular flexibility index (Phi) is 4.01. The first-order valence-electron chi connectivity index (χ1n) is 6.91. The summed E-state index contributed by atoms with van der Waals surface area (Å²) in [5.41, 5.74) is 2.13. The van der Waals surface area contributed by atoms with Gasteiger partial charge in [0.05, 0.1) is 11.4 Å². The van der Waals surface area contributed by atoms with Gasteiger partial charge in [0.25, 0.3) is 0 Å². The molecule has 0 aliphatic carbocycles. The second-order valence-corrected chi connectivity index (χ2v) is 6.01. The van der Waals surface area contributed by atoms with Crippen LogP contribution < -0.4 is 0 Å². The smallest absolute Gasteiger partial charge is 0.226 e. The number of aromatic amines is 1. The number of thiazole rings is 1. The number of carbonyl (C=O) groups is 1. The lowest BCUT2D eigenvalue weighted by molar-refractivity contribution is -0.129. The Balaban J connectivity index is 1.62. The van der Waals surface area contributed by atoms with E-state index < -0.39 is 0 Å². The molecular formula is C16H17N3OS. The number of para-hydroxylation sites is 1. The van der Waals surface area contributed by atoms with Gasteiger partial charge in [0.2, 0.25) is 5.91 Å². The number of H-pyrrole nitrogens is 1. The fraction of sp³-hybridized carbons (Fsp3) is 0.250. The average Bonchev–Trinajstić information content (AvgIpc) is 3.15. The van der Waals surface area contributed by atoms with Gasteiger partial charge in [-0.05, 0) is 11.6 Å². The average molecular weight is 299 g/mol. The van der Waals surface area contributed by atoms with Gasteiger partial charge in [-0.25, -0.2) is 4.98 Å². The van der Waals surface area contributed by atoms with Crippen molar-refractivity contribution in [3.63, 3.8) is 0 Å². The van der Waals surface area contributed by atoms with Gasteiger partial charge in [-0.3, -0.25) is 4.79 Å². The molecule has 5 heteroatoms. The summed E-state index contributed by atoms with van der Waals surface area (Å²) in [4.78, 5) is 21.5. The maximum absolute atomic E-state index is 12.3. The summed E-state index contributed by atoms with van der Waals surface area (Å²) in [6.07, 6.45) is 4.97. The molecule has 0 radical (unpaired) electrons. The van der Waals surface area contributed by atoms with Crippen LogP contribution in [-0.2, 0) is 17.6 Å². The monoisotopic (exact) mass is 299 g/mol. The molecule has 0 atom stereocenters. The first kappa shape index (κ1) is 13.8. The highest BCUT2D eigenvalue weighted by atomic mass is 32.1. The highest BCUT2D eigenvalue weighted by Crippen LogP contribution is 2.18. The van der Waals surface area contributed by atoms with Crippen molar-refractivity contribution in [1.29, 1.82) is 0 Å². The number of nitrogens with zero attached hydrogens (tertiary/aromatic N) is 2. The fourth-order valence-electron chi connectivity index (χ4n) is 2.34. The minimum Gasteiger partial charge on any atom is -0.361 e. The number of aromatic nitrogens is 2. The Morgan fingerprint density at radius 3 is 3.05 bits per heavy atom. The molecule has 2 heterocycles. The van der Waals surface area contributed by atoms with Crippen LogP contribution in [0.5, 0.6) is 0 Å². The van der Waals surface area contributed by atoms with Crippen LogP contribution in [0.15, 0.2) is 42.0 Å². The molecule has 108 valence electrons. The van der Waals surface area contributed by atoms with E-state index in [9.17, 15) is 4.79 Å². The molecule has 21 heavy (non-hydrogen) atoms. The lowest BCUT2D eigenvalue weighted by Gasteiger charge is -2.16. The lowest BCUT2D eigenvalue weighted by Crippen LogP contribution is -2.30. The van der Waals surface area contributed by atoms with Gasteiger partial charge in [-0.15, -0.1) is 11.3 Å². The van der Waals surface area contributed by atoms with Crippen molar-refractivity contribution < 1.29 is 4.79 Å². The molecule has 0 aliphatic heterocycles. The summed E-state index contributed by atoms with van der Waals surface area (Å²) in [6, 6.07) is 8.06. The van der Waals surface area contributed by atoms with Crippen LogP contribution in [0.4, 0.5) is 0 Å².